The molecule has 1 saturated heterocycles. The molecule has 0 saturated carbocycles. The van der Waals surface area contributed by atoms with Gasteiger partial charge in [0.15, 0.2) is 0 Å². The lowest BCUT2D eigenvalue weighted by molar-refractivity contribution is 0.0741. The van der Waals surface area contributed by atoms with Crippen molar-refractivity contribution >= 4 is 11.6 Å². The minimum Gasteiger partial charge on any atom is -0.385 e. The molecule has 0 bridgehead atoms. The van der Waals surface area contributed by atoms with Gasteiger partial charge in [0, 0.05) is 30.9 Å². The zero-order valence-electron chi connectivity index (χ0n) is 12.2. The van der Waals surface area contributed by atoms with Gasteiger partial charge in [-0.3, -0.25) is 4.79 Å². The molecule has 0 radical (unpaired) electrons. The number of hydrogen-bond donors (Lipinski definition) is 1. The smallest absolute Gasteiger partial charge is 0.254 e. The van der Waals surface area contributed by atoms with Crippen LogP contribution in [-0.4, -0.2) is 30.4 Å². The molecular weight excluding hydrogens is 248 g/mol. The van der Waals surface area contributed by atoms with Crippen molar-refractivity contribution in [3.63, 3.8) is 0 Å². The summed E-state index contributed by atoms with van der Waals surface area (Å²) in [5.74, 6) is 0.243. The van der Waals surface area contributed by atoms with Gasteiger partial charge >= 0.3 is 0 Å². The molecule has 1 N–H and O–H groups in total. The van der Waals surface area contributed by atoms with E-state index in [0.29, 0.717) is 0 Å². The van der Waals surface area contributed by atoms with Crippen LogP contribution in [0.1, 0.15) is 54.4 Å². The molecule has 0 aliphatic carbocycles. The molecule has 0 atom stereocenters. The SMILES string of the molecule is O=C(c1cccc2c1CCCN2)N1CCCCCCC1. The predicted octanol–water partition coefficient (Wildman–Crippen LogP) is 3.45. The van der Waals surface area contributed by atoms with Crippen LogP contribution in [0.5, 0.6) is 0 Å². The standard InChI is InChI=1S/C17H24N2O/c20-17(19-12-4-2-1-3-5-13-19)15-8-6-10-16-14(15)9-7-11-18-16/h6,8,10,18H,1-5,7,9,11-13H2. The van der Waals surface area contributed by atoms with Crippen LogP contribution in [-0.2, 0) is 6.42 Å². The van der Waals surface area contributed by atoms with Gasteiger partial charge in [-0.25, -0.2) is 0 Å². The summed E-state index contributed by atoms with van der Waals surface area (Å²) < 4.78 is 0. The Morgan fingerprint density at radius 3 is 2.55 bits per heavy atom. The van der Waals surface area contributed by atoms with Crippen LogP contribution < -0.4 is 5.32 Å². The first-order valence-corrected chi connectivity index (χ1v) is 8.01. The van der Waals surface area contributed by atoms with Crippen molar-refractivity contribution in [2.75, 3.05) is 25.0 Å². The zero-order chi connectivity index (χ0) is 13.8. The fourth-order valence-corrected chi connectivity index (χ4v) is 3.33. The van der Waals surface area contributed by atoms with Crippen molar-refractivity contribution in [3.8, 4) is 0 Å². The van der Waals surface area contributed by atoms with Crippen LogP contribution in [0.25, 0.3) is 0 Å². The van der Waals surface area contributed by atoms with E-state index < -0.39 is 0 Å². The van der Waals surface area contributed by atoms with E-state index in [0.717, 1.165) is 56.6 Å². The van der Waals surface area contributed by atoms with Crippen molar-refractivity contribution < 1.29 is 4.79 Å². The van der Waals surface area contributed by atoms with Crippen molar-refractivity contribution in [2.45, 2.75) is 44.9 Å². The number of benzene rings is 1. The topological polar surface area (TPSA) is 32.3 Å². The Bertz CT molecular complexity index is 476. The lowest BCUT2D eigenvalue weighted by Gasteiger charge is -2.27. The average Bonchev–Trinajstić information content (AvgIpc) is 2.46. The van der Waals surface area contributed by atoms with E-state index >= 15 is 0 Å². The van der Waals surface area contributed by atoms with Crippen LogP contribution in [0, 0.1) is 0 Å². The van der Waals surface area contributed by atoms with Gasteiger partial charge < -0.3 is 10.2 Å². The number of nitrogens with zero attached hydrogens (tertiary/aromatic N) is 1. The van der Waals surface area contributed by atoms with Gasteiger partial charge in [-0.05, 0) is 43.4 Å². The van der Waals surface area contributed by atoms with Crippen LogP contribution in [0.15, 0.2) is 18.2 Å². The third kappa shape index (κ3) is 2.82. The van der Waals surface area contributed by atoms with Crippen LogP contribution in [0.3, 0.4) is 0 Å². The highest BCUT2D eigenvalue weighted by Crippen LogP contribution is 2.26. The summed E-state index contributed by atoms with van der Waals surface area (Å²) in [4.78, 5) is 14.9. The van der Waals surface area contributed by atoms with E-state index in [2.05, 4.69) is 16.3 Å². The molecule has 3 rings (SSSR count). The second-order valence-electron chi connectivity index (χ2n) is 5.92. The number of carbonyl (C=O) groups is 1. The number of rotatable bonds is 1. The maximum Gasteiger partial charge on any atom is 0.254 e. The summed E-state index contributed by atoms with van der Waals surface area (Å²) in [6, 6.07) is 6.11. The molecular formula is C17H24N2O. The molecule has 1 fully saturated rings. The molecule has 108 valence electrons. The molecule has 3 nitrogen and oxygen atoms in total. The van der Waals surface area contributed by atoms with Gasteiger partial charge in [0.2, 0.25) is 0 Å². The first kappa shape index (κ1) is 13.5. The normalized spacial score (nSPS) is 19.5. The lowest BCUT2D eigenvalue weighted by atomic mass is 9.96. The fraction of sp³-hybridized carbons (Fsp3) is 0.588. The molecule has 3 heteroatoms. The summed E-state index contributed by atoms with van der Waals surface area (Å²) in [7, 11) is 0. The maximum atomic E-state index is 12.8. The van der Waals surface area contributed by atoms with Gasteiger partial charge in [0.05, 0.1) is 0 Å². The Balaban J connectivity index is 1.82. The summed E-state index contributed by atoms with van der Waals surface area (Å²) in [5, 5.41) is 3.41. The Labute approximate surface area is 121 Å². The largest absolute Gasteiger partial charge is 0.385 e. The minimum absolute atomic E-state index is 0.243. The quantitative estimate of drug-likeness (QED) is 0.849. The number of carbonyl (C=O) groups excluding carboxylic acids is 1. The molecule has 20 heavy (non-hydrogen) atoms. The third-order valence-corrected chi connectivity index (χ3v) is 4.47. The zero-order valence-corrected chi connectivity index (χ0v) is 12.2. The molecule has 0 unspecified atom stereocenters. The number of amides is 1. The monoisotopic (exact) mass is 272 g/mol. The maximum absolute atomic E-state index is 12.8. The summed E-state index contributed by atoms with van der Waals surface area (Å²) in [6.07, 6.45) is 8.30. The van der Waals surface area contributed by atoms with Gasteiger partial charge in [-0.2, -0.15) is 0 Å². The molecule has 0 spiro atoms. The van der Waals surface area contributed by atoms with Crippen molar-refractivity contribution in [3.05, 3.63) is 29.3 Å². The highest BCUT2D eigenvalue weighted by Gasteiger charge is 2.22. The number of hydrogen-bond acceptors (Lipinski definition) is 2. The van der Waals surface area contributed by atoms with E-state index in [9.17, 15) is 4.79 Å². The first-order chi connectivity index (χ1) is 9.86. The minimum atomic E-state index is 0.243. The molecule has 1 aromatic carbocycles. The van der Waals surface area contributed by atoms with Gasteiger partial charge in [0.1, 0.15) is 0 Å². The first-order valence-electron chi connectivity index (χ1n) is 8.01. The third-order valence-electron chi connectivity index (χ3n) is 4.47. The Hall–Kier alpha value is -1.51. The average molecular weight is 272 g/mol. The highest BCUT2D eigenvalue weighted by atomic mass is 16.2. The number of likely N-dealkylation sites (tertiary alicyclic amines) is 1. The summed E-state index contributed by atoms with van der Waals surface area (Å²) in [6.45, 7) is 2.88. The van der Waals surface area contributed by atoms with E-state index in [1.54, 1.807) is 0 Å². The molecule has 2 heterocycles. The molecule has 1 aromatic rings. The van der Waals surface area contributed by atoms with Crippen molar-refractivity contribution in [1.29, 1.82) is 0 Å². The van der Waals surface area contributed by atoms with E-state index in [1.807, 2.05) is 12.1 Å². The summed E-state index contributed by atoms with van der Waals surface area (Å²) >= 11 is 0. The van der Waals surface area contributed by atoms with E-state index in [-0.39, 0.29) is 5.91 Å². The number of anilines is 1. The predicted molar refractivity (Wildman–Crippen MR) is 82.2 cm³/mol. The Morgan fingerprint density at radius 1 is 1.00 bits per heavy atom. The van der Waals surface area contributed by atoms with Crippen LogP contribution >= 0.6 is 0 Å². The van der Waals surface area contributed by atoms with Crippen LogP contribution in [0.4, 0.5) is 5.69 Å². The molecule has 2 aliphatic heterocycles. The number of fused-ring (bicyclic) bond motifs is 1. The summed E-state index contributed by atoms with van der Waals surface area (Å²) in [5.41, 5.74) is 3.32. The van der Waals surface area contributed by atoms with Crippen LogP contribution in [0.2, 0.25) is 0 Å². The molecule has 1 amide bonds. The van der Waals surface area contributed by atoms with Gasteiger partial charge in [0.25, 0.3) is 5.91 Å². The second kappa shape index (κ2) is 6.29. The van der Waals surface area contributed by atoms with Gasteiger partial charge in [-0.1, -0.05) is 25.3 Å². The molecule has 0 aromatic heterocycles. The van der Waals surface area contributed by atoms with E-state index in [1.165, 1.54) is 24.8 Å². The molecule has 2 aliphatic rings. The van der Waals surface area contributed by atoms with Crippen molar-refractivity contribution in [1.82, 2.24) is 4.90 Å². The highest BCUT2D eigenvalue weighted by molar-refractivity contribution is 5.97. The van der Waals surface area contributed by atoms with Crippen molar-refractivity contribution in [2.24, 2.45) is 0 Å². The Morgan fingerprint density at radius 2 is 1.75 bits per heavy atom. The van der Waals surface area contributed by atoms with E-state index in [4.69, 9.17) is 0 Å². The number of nitrogens with one attached hydrogen (secondary N) is 1. The second-order valence-corrected chi connectivity index (χ2v) is 5.92. The lowest BCUT2D eigenvalue weighted by Crippen LogP contribution is -2.34. The Kier molecular flexibility index (Phi) is 4.24. The van der Waals surface area contributed by atoms with Gasteiger partial charge in [-0.15, -0.1) is 0 Å². The fourth-order valence-electron chi connectivity index (χ4n) is 3.33.